The Kier molecular flexibility index (Phi) is 6.03. The maximum atomic E-state index is 2.18. The zero-order valence-corrected chi connectivity index (χ0v) is 9.46. The summed E-state index contributed by atoms with van der Waals surface area (Å²) in [6, 6.07) is 0. The van der Waals surface area contributed by atoms with E-state index >= 15 is 0 Å². The minimum absolute atomic E-state index is 1.10. The van der Waals surface area contributed by atoms with Gasteiger partial charge in [-0.05, 0) is 26.3 Å². The molecule has 0 aromatic rings. The van der Waals surface area contributed by atoms with Gasteiger partial charge in [-0.1, -0.05) is 30.7 Å². The molecule has 0 fully saturated rings. The highest BCUT2D eigenvalue weighted by molar-refractivity contribution is 5.25. The van der Waals surface area contributed by atoms with Gasteiger partial charge < -0.3 is 4.90 Å². The van der Waals surface area contributed by atoms with E-state index in [1.807, 2.05) is 19.1 Å². The maximum absolute atomic E-state index is 2.18. The molecule has 0 aromatic carbocycles. The molecule has 0 heterocycles. The molecule has 13 heavy (non-hydrogen) atoms. The van der Waals surface area contributed by atoms with Gasteiger partial charge in [-0.15, -0.1) is 0 Å². The molecule has 0 radical (unpaired) electrons. The molecule has 0 bridgehead atoms. The van der Waals surface area contributed by atoms with E-state index in [0.717, 1.165) is 6.42 Å². The van der Waals surface area contributed by atoms with Gasteiger partial charge in [-0.3, -0.25) is 0 Å². The lowest BCUT2D eigenvalue weighted by Gasteiger charge is -2.16. The van der Waals surface area contributed by atoms with E-state index in [-0.39, 0.29) is 0 Å². The van der Waals surface area contributed by atoms with E-state index < -0.39 is 0 Å². The van der Waals surface area contributed by atoms with Crippen molar-refractivity contribution in [2.24, 2.45) is 0 Å². The summed E-state index contributed by atoms with van der Waals surface area (Å²) in [6.07, 6.45) is 9.42. The standard InChI is InChI=1S/C12H21N/c1-6-8-9-10-12(13(4)5)11(3)7-2/h6,8-10H,7H2,1-5H3/b8-6-,10-9-,12-11-. The molecule has 0 N–H and O–H groups in total. The first-order valence-corrected chi connectivity index (χ1v) is 4.79. The Balaban J connectivity index is 4.63. The van der Waals surface area contributed by atoms with Crippen LogP contribution in [0.25, 0.3) is 0 Å². The molecule has 1 heteroatoms. The van der Waals surface area contributed by atoms with Crippen LogP contribution in [0.1, 0.15) is 27.2 Å². The lowest BCUT2D eigenvalue weighted by molar-refractivity contribution is 0.521. The highest BCUT2D eigenvalue weighted by Gasteiger charge is 1.98. The van der Waals surface area contributed by atoms with Crippen LogP contribution in [0, 0.1) is 0 Å². The monoisotopic (exact) mass is 179 g/mol. The van der Waals surface area contributed by atoms with Crippen molar-refractivity contribution in [2.75, 3.05) is 14.1 Å². The molecule has 0 saturated carbocycles. The molecule has 0 atom stereocenters. The first-order chi connectivity index (χ1) is 6.13. The third-order valence-corrected chi connectivity index (χ3v) is 2.01. The average Bonchev–Trinajstić information content (AvgIpc) is 2.11. The van der Waals surface area contributed by atoms with Crippen molar-refractivity contribution >= 4 is 0 Å². The summed E-state index contributed by atoms with van der Waals surface area (Å²) >= 11 is 0. The molecular weight excluding hydrogens is 158 g/mol. The Labute approximate surface area is 82.4 Å². The first-order valence-electron chi connectivity index (χ1n) is 4.79. The number of likely N-dealkylation sites (N-methyl/N-ethyl adjacent to an activating group) is 1. The summed E-state index contributed by atoms with van der Waals surface area (Å²) < 4.78 is 0. The van der Waals surface area contributed by atoms with Gasteiger partial charge in [0.1, 0.15) is 0 Å². The van der Waals surface area contributed by atoms with Crippen molar-refractivity contribution in [3.05, 3.63) is 35.6 Å². The molecule has 0 aliphatic carbocycles. The summed E-state index contributed by atoms with van der Waals surface area (Å²) in [4.78, 5) is 2.15. The van der Waals surface area contributed by atoms with Gasteiger partial charge in [-0.25, -0.2) is 0 Å². The van der Waals surface area contributed by atoms with Gasteiger partial charge in [0.05, 0.1) is 0 Å². The molecule has 0 aromatic heterocycles. The summed E-state index contributed by atoms with van der Waals surface area (Å²) in [7, 11) is 4.16. The fourth-order valence-electron chi connectivity index (χ4n) is 1.11. The van der Waals surface area contributed by atoms with Gasteiger partial charge in [0.25, 0.3) is 0 Å². The lowest BCUT2D eigenvalue weighted by Crippen LogP contribution is -2.10. The average molecular weight is 179 g/mol. The number of allylic oxidation sites excluding steroid dienone is 5. The van der Waals surface area contributed by atoms with Gasteiger partial charge in [0.2, 0.25) is 0 Å². The van der Waals surface area contributed by atoms with Crippen LogP contribution in [-0.2, 0) is 0 Å². The van der Waals surface area contributed by atoms with Crippen LogP contribution in [0.4, 0.5) is 0 Å². The molecule has 0 amide bonds. The van der Waals surface area contributed by atoms with Gasteiger partial charge in [0.15, 0.2) is 0 Å². The number of rotatable bonds is 4. The highest BCUT2D eigenvalue weighted by atomic mass is 15.1. The zero-order valence-electron chi connectivity index (χ0n) is 9.46. The zero-order chi connectivity index (χ0) is 10.3. The molecule has 74 valence electrons. The molecule has 0 aliphatic heterocycles. The Bertz CT molecular complexity index is 219. The van der Waals surface area contributed by atoms with Crippen LogP contribution in [0.3, 0.4) is 0 Å². The second kappa shape index (κ2) is 6.53. The predicted molar refractivity (Wildman–Crippen MR) is 60.6 cm³/mol. The van der Waals surface area contributed by atoms with Crippen LogP contribution >= 0.6 is 0 Å². The van der Waals surface area contributed by atoms with Crippen molar-refractivity contribution in [1.82, 2.24) is 4.90 Å². The minimum Gasteiger partial charge on any atom is -0.378 e. The second-order valence-electron chi connectivity index (χ2n) is 3.30. The fourth-order valence-corrected chi connectivity index (χ4v) is 1.11. The highest BCUT2D eigenvalue weighted by Crippen LogP contribution is 2.11. The fraction of sp³-hybridized carbons (Fsp3) is 0.500. The van der Waals surface area contributed by atoms with Crippen molar-refractivity contribution in [2.45, 2.75) is 27.2 Å². The Morgan fingerprint density at radius 3 is 2.23 bits per heavy atom. The Morgan fingerprint density at radius 1 is 1.23 bits per heavy atom. The van der Waals surface area contributed by atoms with E-state index in [9.17, 15) is 0 Å². The van der Waals surface area contributed by atoms with Crippen LogP contribution in [-0.4, -0.2) is 19.0 Å². The summed E-state index contributed by atoms with van der Waals surface area (Å²) in [5.41, 5.74) is 2.73. The van der Waals surface area contributed by atoms with E-state index in [4.69, 9.17) is 0 Å². The number of hydrogen-bond acceptors (Lipinski definition) is 1. The predicted octanol–water partition coefficient (Wildman–Crippen LogP) is 3.36. The molecule has 0 aliphatic rings. The van der Waals surface area contributed by atoms with Gasteiger partial charge >= 0.3 is 0 Å². The molecule has 0 saturated heterocycles. The van der Waals surface area contributed by atoms with Crippen LogP contribution in [0.5, 0.6) is 0 Å². The van der Waals surface area contributed by atoms with Crippen LogP contribution < -0.4 is 0 Å². The summed E-state index contributed by atoms with van der Waals surface area (Å²) in [5, 5.41) is 0. The normalized spacial score (nSPS) is 13.9. The molecule has 0 rings (SSSR count). The Morgan fingerprint density at radius 2 is 1.85 bits per heavy atom. The Hall–Kier alpha value is -0.980. The van der Waals surface area contributed by atoms with E-state index in [1.165, 1.54) is 11.3 Å². The smallest absolute Gasteiger partial charge is 0.0349 e. The van der Waals surface area contributed by atoms with Gasteiger partial charge in [0, 0.05) is 19.8 Å². The van der Waals surface area contributed by atoms with Crippen molar-refractivity contribution in [3.63, 3.8) is 0 Å². The van der Waals surface area contributed by atoms with Gasteiger partial charge in [-0.2, -0.15) is 0 Å². The minimum atomic E-state index is 1.10. The first kappa shape index (κ1) is 12.0. The topological polar surface area (TPSA) is 3.24 Å². The van der Waals surface area contributed by atoms with Crippen molar-refractivity contribution < 1.29 is 0 Å². The quantitative estimate of drug-likeness (QED) is 0.598. The molecular formula is C12H21N. The SMILES string of the molecule is C\C=C/C=C\C(=C(/C)CC)N(C)C. The molecule has 1 nitrogen and oxygen atoms in total. The van der Waals surface area contributed by atoms with Crippen LogP contribution in [0.2, 0.25) is 0 Å². The van der Waals surface area contributed by atoms with Crippen molar-refractivity contribution in [1.29, 1.82) is 0 Å². The number of nitrogens with zero attached hydrogens (tertiary/aromatic N) is 1. The van der Waals surface area contributed by atoms with E-state index in [2.05, 4.69) is 45.0 Å². The molecule has 0 unspecified atom stereocenters. The third-order valence-electron chi connectivity index (χ3n) is 2.01. The second-order valence-corrected chi connectivity index (χ2v) is 3.30. The van der Waals surface area contributed by atoms with Crippen LogP contribution in [0.15, 0.2) is 35.6 Å². The largest absolute Gasteiger partial charge is 0.378 e. The summed E-state index contributed by atoms with van der Waals surface area (Å²) in [5.74, 6) is 0. The maximum Gasteiger partial charge on any atom is 0.0349 e. The summed E-state index contributed by atoms with van der Waals surface area (Å²) in [6.45, 7) is 6.38. The van der Waals surface area contributed by atoms with Crippen molar-refractivity contribution in [3.8, 4) is 0 Å². The lowest BCUT2D eigenvalue weighted by atomic mass is 10.1. The van der Waals surface area contributed by atoms with E-state index in [0.29, 0.717) is 0 Å². The van der Waals surface area contributed by atoms with E-state index in [1.54, 1.807) is 0 Å². The number of hydrogen-bond donors (Lipinski definition) is 0. The third kappa shape index (κ3) is 4.56. The molecule has 0 spiro atoms.